The van der Waals surface area contributed by atoms with Crippen molar-refractivity contribution in [3.8, 4) is 6.07 Å². The Kier molecular flexibility index (Phi) is 1.25. The van der Waals surface area contributed by atoms with Crippen molar-refractivity contribution < 1.29 is 4.84 Å². The molecule has 1 aliphatic rings. The van der Waals surface area contributed by atoms with Gasteiger partial charge in [-0.2, -0.15) is 10.7 Å². The maximum atomic E-state index is 8.17. The van der Waals surface area contributed by atoms with Crippen molar-refractivity contribution in [2.24, 2.45) is 0 Å². The molecule has 0 aromatic carbocycles. The Labute approximate surface area is 41.8 Å². The first-order valence-electron chi connectivity index (χ1n) is 2.20. The molecular weight excluding hydrogens is 92.1 g/mol. The topological polar surface area (TPSA) is 45.0 Å². The highest BCUT2D eigenvalue weighted by Crippen LogP contribution is 1.96. The number of hydrogen-bond acceptors (Lipinski definition) is 3. The van der Waals surface area contributed by atoms with Crippen LogP contribution in [0.1, 0.15) is 6.42 Å². The largest absolute Gasteiger partial charge is 0.300 e. The summed E-state index contributed by atoms with van der Waals surface area (Å²) in [5.74, 6) is 0. The monoisotopic (exact) mass is 98.0 g/mol. The maximum Gasteiger partial charge on any atom is 0.121 e. The molecular formula is C4H6N2O. The minimum atomic E-state index is -0.0694. The Bertz CT molecular complexity index is 90.4. The van der Waals surface area contributed by atoms with Gasteiger partial charge in [-0.3, -0.25) is 0 Å². The molecule has 3 nitrogen and oxygen atoms in total. The van der Waals surface area contributed by atoms with Gasteiger partial charge in [0.15, 0.2) is 0 Å². The van der Waals surface area contributed by atoms with E-state index in [-0.39, 0.29) is 6.04 Å². The fraction of sp³-hybridized carbons (Fsp3) is 0.750. The lowest BCUT2D eigenvalue weighted by atomic mass is 10.3. The summed E-state index contributed by atoms with van der Waals surface area (Å²) in [7, 11) is 0. The molecule has 1 aliphatic heterocycles. The van der Waals surface area contributed by atoms with Crippen molar-refractivity contribution in [1.29, 1.82) is 5.26 Å². The van der Waals surface area contributed by atoms with E-state index in [1.807, 2.05) is 6.07 Å². The van der Waals surface area contributed by atoms with Crippen LogP contribution in [0.5, 0.6) is 0 Å². The molecule has 0 aromatic heterocycles. The second-order valence-electron chi connectivity index (χ2n) is 1.44. The zero-order valence-electron chi connectivity index (χ0n) is 3.85. The van der Waals surface area contributed by atoms with Crippen LogP contribution in [-0.2, 0) is 4.84 Å². The van der Waals surface area contributed by atoms with Gasteiger partial charge in [-0.05, 0) is 0 Å². The van der Waals surface area contributed by atoms with E-state index in [0.717, 1.165) is 6.42 Å². The first kappa shape index (κ1) is 4.57. The van der Waals surface area contributed by atoms with Gasteiger partial charge in [0, 0.05) is 6.42 Å². The predicted octanol–water partition coefficient (Wildman–Crippen LogP) is -0.197. The molecule has 0 unspecified atom stereocenters. The molecule has 0 spiro atoms. The molecule has 0 bridgehead atoms. The van der Waals surface area contributed by atoms with Crippen LogP contribution in [0.4, 0.5) is 0 Å². The SMILES string of the molecule is N#C[C@@H]1CCON1. The summed E-state index contributed by atoms with van der Waals surface area (Å²) >= 11 is 0. The standard InChI is InChI=1S/C4H6N2O/c5-3-4-1-2-7-6-4/h4,6H,1-2H2/t4-/m0/s1. The molecule has 38 valence electrons. The molecule has 1 saturated heterocycles. The molecule has 0 radical (unpaired) electrons. The fourth-order valence-corrected chi connectivity index (χ4v) is 0.486. The van der Waals surface area contributed by atoms with E-state index in [1.165, 1.54) is 0 Å². The van der Waals surface area contributed by atoms with Crippen LogP contribution in [0.15, 0.2) is 0 Å². The molecule has 0 aromatic rings. The Balaban J connectivity index is 2.31. The Morgan fingerprint density at radius 3 is 3.00 bits per heavy atom. The van der Waals surface area contributed by atoms with E-state index < -0.39 is 0 Å². The van der Waals surface area contributed by atoms with E-state index in [1.54, 1.807) is 0 Å². The molecule has 1 fully saturated rings. The molecule has 0 saturated carbocycles. The summed E-state index contributed by atoms with van der Waals surface area (Å²) in [6, 6.07) is 1.96. The van der Waals surface area contributed by atoms with Gasteiger partial charge in [-0.25, -0.2) is 0 Å². The predicted molar refractivity (Wildman–Crippen MR) is 23.1 cm³/mol. The lowest BCUT2D eigenvalue weighted by molar-refractivity contribution is 0.0952. The Morgan fingerprint density at radius 2 is 2.71 bits per heavy atom. The van der Waals surface area contributed by atoms with Gasteiger partial charge in [0.2, 0.25) is 0 Å². The summed E-state index contributed by atoms with van der Waals surface area (Å²) < 4.78 is 0. The third-order valence-corrected chi connectivity index (χ3v) is 0.890. The molecule has 1 atom stereocenters. The second kappa shape index (κ2) is 1.92. The molecule has 7 heavy (non-hydrogen) atoms. The lowest BCUT2D eigenvalue weighted by Crippen LogP contribution is -2.16. The smallest absolute Gasteiger partial charge is 0.121 e. The molecule has 0 amide bonds. The Hall–Kier alpha value is -0.590. The van der Waals surface area contributed by atoms with Gasteiger partial charge in [-0.1, -0.05) is 0 Å². The minimum absolute atomic E-state index is 0.0694. The van der Waals surface area contributed by atoms with Crippen molar-refractivity contribution in [2.45, 2.75) is 12.5 Å². The molecule has 0 aliphatic carbocycles. The van der Waals surface area contributed by atoms with Crippen LogP contribution < -0.4 is 5.48 Å². The highest BCUT2D eigenvalue weighted by atomic mass is 16.7. The average Bonchev–Trinajstić information content (AvgIpc) is 2.14. The average molecular weight is 98.1 g/mol. The van der Waals surface area contributed by atoms with Gasteiger partial charge >= 0.3 is 0 Å². The molecule has 1 rings (SSSR count). The van der Waals surface area contributed by atoms with Crippen molar-refractivity contribution in [1.82, 2.24) is 5.48 Å². The minimum Gasteiger partial charge on any atom is -0.300 e. The summed E-state index contributed by atoms with van der Waals surface area (Å²) in [6.07, 6.45) is 0.816. The van der Waals surface area contributed by atoms with Gasteiger partial charge < -0.3 is 4.84 Å². The summed E-state index contributed by atoms with van der Waals surface area (Å²) in [4.78, 5) is 4.68. The van der Waals surface area contributed by atoms with Crippen LogP contribution in [0.3, 0.4) is 0 Å². The van der Waals surface area contributed by atoms with E-state index in [2.05, 4.69) is 10.3 Å². The Morgan fingerprint density at radius 1 is 1.86 bits per heavy atom. The number of rotatable bonds is 0. The van der Waals surface area contributed by atoms with Crippen molar-refractivity contribution in [3.05, 3.63) is 0 Å². The zero-order chi connectivity index (χ0) is 5.11. The first-order valence-corrected chi connectivity index (χ1v) is 2.20. The third-order valence-electron chi connectivity index (χ3n) is 0.890. The van der Waals surface area contributed by atoms with Crippen LogP contribution >= 0.6 is 0 Å². The van der Waals surface area contributed by atoms with Gasteiger partial charge in [0.25, 0.3) is 0 Å². The van der Waals surface area contributed by atoms with Gasteiger partial charge in [0.05, 0.1) is 12.7 Å². The first-order chi connectivity index (χ1) is 3.43. The molecule has 1 heterocycles. The van der Waals surface area contributed by atoms with Gasteiger partial charge in [0.1, 0.15) is 6.04 Å². The second-order valence-corrected chi connectivity index (χ2v) is 1.44. The van der Waals surface area contributed by atoms with Gasteiger partial charge in [-0.15, -0.1) is 0 Å². The van der Waals surface area contributed by atoms with E-state index in [4.69, 9.17) is 5.26 Å². The van der Waals surface area contributed by atoms with Crippen LogP contribution in [-0.4, -0.2) is 12.6 Å². The van der Waals surface area contributed by atoms with Crippen molar-refractivity contribution in [2.75, 3.05) is 6.61 Å². The summed E-state index contributed by atoms with van der Waals surface area (Å²) in [6.45, 7) is 0.665. The van der Waals surface area contributed by atoms with E-state index >= 15 is 0 Å². The van der Waals surface area contributed by atoms with Crippen LogP contribution in [0.25, 0.3) is 0 Å². The highest BCUT2D eigenvalue weighted by molar-refractivity contribution is 4.88. The molecule has 3 heteroatoms. The van der Waals surface area contributed by atoms with Crippen LogP contribution in [0.2, 0.25) is 0 Å². The summed E-state index contributed by atoms with van der Waals surface area (Å²) in [5, 5.41) is 8.17. The zero-order valence-corrected chi connectivity index (χ0v) is 3.85. The normalized spacial score (nSPS) is 29.9. The number of nitrogens with zero attached hydrogens (tertiary/aromatic N) is 1. The summed E-state index contributed by atoms with van der Waals surface area (Å²) in [5.41, 5.74) is 2.55. The van der Waals surface area contributed by atoms with Crippen molar-refractivity contribution in [3.63, 3.8) is 0 Å². The number of hydroxylamine groups is 1. The maximum absolute atomic E-state index is 8.17. The lowest BCUT2D eigenvalue weighted by Gasteiger charge is -1.89. The van der Waals surface area contributed by atoms with E-state index in [0.29, 0.717) is 6.61 Å². The number of nitriles is 1. The number of nitrogens with one attached hydrogen (secondary N) is 1. The van der Waals surface area contributed by atoms with Crippen LogP contribution in [0, 0.1) is 11.3 Å². The fourth-order valence-electron chi connectivity index (χ4n) is 0.486. The quantitative estimate of drug-likeness (QED) is 0.456. The van der Waals surface area contributed by atoms with Crippen molar-refractivity contribution >= 4 is 0 Å². The molecule has 1 N–H and O–H groups in total. The highest BCUT2D eigenvalue weighted by Gasteiger charge is 2.11. The van der Waals surface area contributed by atoms with E-state index in [9.17, 15) is 0 Å². The third kappa shape index (κ3) is 0.889. The number of hydrogen-bond donors (Lipinski definition) is 1.